The Kier molecular flexibility index (Phi) is 6.22. The number of nitrogens with zero attached hydrogens (tertiary/aromatic N) is 2. The van der Waals surface area contributed by atoms with Gasteiger partial charge in [-0.2, -0.15) is 0 Å². The molecule has 0 aliphatic carbocycles. The first-order valence-electron chi connectivity index (χ1n) is 8.23. The van der Waals surface area contributed by atoms with E-state index in [1.807, 2.05) is 0 Å². The number of nitro groups is 1. The molecule has 0 saturated carbocycles. The predicted octanol–water partition coefficient (Wildman–Crippen LogP) is 4.50. The van der Waals surface area contributed by atoms with Crippen molar-refractivity contribution in [1.82, 2.24) is 4.90 Å². The van der Waals surface area contributed by atoms with Gasteiger partial charge in [-0.05, 0) is 53.2 Å². The summed E-state index contributed by atoms with van der Waals surface area (Å²) >= 11 is 7.07. The number of terminal acetylenes is 1. The van der Waals surface area contributed by atoms with Gasteiger partial charge in [0.25, 0.3) is 16.8 Å². The molecule has 0 bridgehead atoms. The molecule has 2 amide bonds. The second-order valence-electron chi connectivity index (χ2n) is 5.87. The van der Waals surface area contributed by atoms with E-state index in [-0.39, 0.29) is 23.7 Å². The zero-order valence-corrected chi connectivity index (χ0v) is 16.4. The monoisotopic (exact) mass is 428 g/mol. The lowest BCUT2D eigenvalue weighted by atomic mass is 10.2. The van der Waals surface area contributed by atoms with Gasteiger partial charge in [0.05, 0.1) is 21.4 Å². The van der Waals surface area contributed by atoms with Gasteiger partial charge < -0.3 is 4.74 Å². The summed E-state index contributed by atoms with van der Waals surface area (Å²) in [4.78, 5) is 35.5. The molecule has 1 aliphatic rings. The largest absolute Gasteiger partial charge is 0.487 e. The van der Waals surface area contributed by atoms with Crippen LogP contribution < -0.4 is 4.74 Å². The highest BCUT2D eigenvalue weighted by molar-refractivity contribution is 8.18. The minimum Gasteiger partial charge on any atom is -0.487 e. The van der Waals surface area contributed by atoms with Gasteiger partial charge in [-0.15, -0.1) is 6.42 Å². The molecule has 0 atom stereocenters. The van der Waals surface area contributed by atoms with Crippen LogP contribution >= 0.6 is 23.4 Å². The molecule has 2 aromatic carbocycles. The van der Waals surface area contributed by atoms with E-state index in [4.69, 9.17) is 22.8 Å². The predicted molar refractivity (Wildman–Crippen MR) is 110 cm³/mol. The lowest BCUT2D eigenvalue weighted by Crippen LogP contribution is -2.28. The summed E-state index contributed by atoms with van der Waals surface area (Å²) in [7, 11) is 0. The number of imide groups is 1. The van der Waals surface area contributed by atoms with Crippen molar-refractivity contribution >= 4 is 46.3 Å². The van der Waals surface area contributed by atoms with Gasteiger partial charge in [0.15, 0.2) is 0 Å². The zero-order valence-electron chi connectivity index (χ0n) is 14.8. The topological polar surface area (TPSA) is 89.8 Å². The molecule has 7 nitrogen and oxygen atoms in total. The molecule has 2 aromatic rings. The number of carbonyl (C=O) groups excluding carboxylic acids is 2. The van der Waals surface area contributed by atoms with Gasteiger partial charge >= 0.3 is 0 Å². The maximum atomic E-state index is 12.2. The Hall–Kier alpha value is -3.28. The fourth-order valence-corrected chi connectivity index (χ4v) is 3.56. The van der Waals surface area contributed by atoms with Crippen LogP contribution in [0.25, 0.3) is 6.08 Å². The third kappa shape index (κ3) is 4.77. The van der Waals surface area contributed by atoms with E-state index in [1.54, 1.807) is 36.4 Å². The SMILES string of the molecule is C#CCN1C(=O)S/C(=C\c2ccc(OCc3ccc([N+](=O)[O-])cc3)c(Cl)c2)C1=O. The van der Waals surface area contributed by atoms with E-state index >= 15 is 0 Å². The van der Waals surface area contributed by atoms with Crippen molar-refractivity contribution < 1.29 is 19.2 Å². The molecule has 0 N–H and O–H groups in total. The molecule has 9 heteroatoms. The number of hydrogen-bond acceptors (Lipinski definition) is 6. The first-order chi connectivity index (χ1) is 13.9. The van der Waals surface area contributed by atoms with Gasteiger partial charge in [-0.3, -0.25) is 24.6 Å². The van der Waals surface area contributed by atoms with Gasteiger partial charge in [0.2, 0.25) is 0 Å². The molecule has 3 rings (SSSR count). The van der Waals surface area contributed by atoms with Crippen LogP contribution in [0.4, 0.5) is 10.5 Å². The summed E-state index contributed by atoms with van der Waals surface area (Å²) in [5.74, 6) is 2.26. The third-order valence-electron chi connectivity index (χ3n) is 3.92. The van der Waals surface area contributed by atoms with Crippen molar-refractivity contribution in [3.8, 4) is 18.1 Å². The summed E-state index contributed by atoms with van der Waals surface area (Å²) in [5.41, 5.74) is 1.38. The van der Waals surface area contributed by atoms with Crippen LogP contribution in [-0.2, 0) is 11.4 Å². The molecular formula is C20H13ClN2O5S. The number of carbonyl (C=O) groups is 2. The number of benzene rings is 2. The van der Waals surface area contributed by atoms with Crippen molar-refractivity contribution in [1.29, 1.82) is 0 Å². The first-order valence-corrected chi connectivity index (χ1v) is 9.43. The second-order valence-corrected chi connectivity index (χ2v) is 7.27. The highest BCUT2D eigenvalue weighted by Gasteiger charge is 2.34. The summed E-state index contributed by atoms with van der Waals surface area (Å²) < 4.78 is 5.66. The van der Waals surface area contributed by atoms with E-state index in [0.717, 1.165) is 22.2 Å². The highest BCUT2D eigenvalue weighted by Crippen LogP contribution is 2.33. The molecule has 1 fully saturated rings. The fraction of sp³-hybridized carbons (Fsp3) is 0.100. The van der Waals surface area contributed by atoms with Crippen molar-refractivity contribution in [3.63, 3.8) is 0 Å². The van der Waals surface area contributed by atoms with Crippen LogP contribution in [0.15, 0.2) is 47.4 Å². The summed E-state index contributed by atoms with van der Waals surface area (Å²) in [6.07, 6.45) is 6.74. The molecule has 1 heterocycles. The molecule has 1 aliphatic heterocycles. The molecule has 146 valence electrons. The highest BCUT2D eigenvalue weighted by atomic mass is 35.5. The average Bonchev–Trinajstić information content (AvgIpc) is 2.95. The number of rotatable bonds is 6. The van der Waals surface area contributed by atoms with Gasteiger partial charge in [-0.25, -0.2) is 0 Å². The summed E-state index contributed by atoms with van der Waals surface area (Å²) in [6.45, 7) is 0.111. The van der Waals surface area contributed by atoms with E-state index in [9.17, 15) is 19.7 Å². The number of hydrogen-bond donors (Lipinski definition) is 0. The smallest absolute Gasteiger partial charge is 0.294 e. The maximum absolute atomic E-state index is 12.2. The van der Waals surface area contributed by atoms with Crippen LogP contribution in [0.1, 0.15) is 11.1 Å². The van der Waals surface area contributed by atoms with E-state index in [2.05, 4.69) is 5.92 Å². The second kappa shape index (κ2) is 8.82. The van der Waals surface area contributed by atoms with Gasteiger partial charge in [-0.1, -0.05) is 23.6 Å². The van der Waals surface area contributed by atoms with E-state index in [0.29, 0.717) is 16.3 Å². The average molecular weight is 429 g/mol. The Balaban J connectivity index is 1.69. The van der Waals surface area contributed by atoms with E-state index < -0.39 is 16.1 Å². The number of thioether (sulfide) groups is 1. The van der Waals surface area contributed by atoms with Crippen LogP contribution in [0.2, 0.25) is 5.02 Å². The Labute approximate surface area is 175 Å². The molecule has 0 spiro atoms. The quantitative estimate of drug-likeness (QED) is 0.291. The molecule has 29 heavy (non-hydrogen) atoms. The van der Waals surface area contributed by atoms with Gasteiger partial charge in [0.1, 0.15) is 12.4 Å². The fourth-order valence-electron chi connectivity index (χ4n) is 2.48. The Morgan fingerprint density at radius 1 is 1.24 bits per heavy atom. The van der Waals surface area contributed by atoms with Crippen molar-refractivity contribution in [2.24, 2.45) is 0 Å². The van der Waals surface area contributed by atoms with Crippen molar-refractivity contribution in [2.75, 3.05) is 6.54 Å². The molecule has 0 radical (unpaired) electrons. The maximum Gasteiger partial charge on any atom is 0.294 e. The van der Waals surface area contributed by atoms with E-state index in [1.165, 1.54) is 12.1 Å². The number of ether oxygens (including phenoxy) is 1. The lowest BCUT2D eigenvalue weighted by molar-refractivity contribution is -0.384. The molecule has 0 unspecified atom stereocenters. The number of nitro benzene ring substituents is 1. The minimum absolute atomic E-state index is 0.00259. The number of amides is 2. The normalized spacial score (nSPS) is 14.9. The minimum atomic E-state index is -0.471. The molecular weight excluding hydrogens is 416 g/mol. The van der Waals surface area contributed by atoms with Crippen molar-refractivity contribution in [3.05, 3.63) is 73.6 Å². The van der Waals surface area contributed by atoms with Crippen LogP contribution in [0.5, 0.6) is 5.75 Å². The zero-order chi connectivity index (χ0) is 21.0. The Morgan fingerprint density at radius 3 is 2.59 bits per heavy atom. The lowest BCUT2D eigenvalue weighted by Gasteiger charge is -2.09. The number of halogens is 1. The number of non-ortho nitro benzene ring substituents is 1. The summed E-state index contributed by atoms with van der Waals surface area (Å²) in [5, 5.41) is 10.6. The first kappa shape index (κ1) is 20.5. The third-order valence-corrected chi connectivity index (χ3v) is 5.12. The molecule has 1 saturated heterocycles. The standard InChI is InChI=1S/C20H13ClN2O5S/c1-2-9-22-19(24)18(29-20(22)25)11-14-5-8-17(16(21)10-14)28-12-13-3-6-15(7-4-13)23(26)27/h1,3-8,10-11H,9,12H2/b18-11-. The van der Waals surface area contributed by atoms with Crippen LogP contribution in [-0.4, -0.2) is 27.5 Å². The summed E-state index contributed by atoms with van der Waals surface area (Å²) in [6, 6.07) is 11.0. The van der Waals surface area contributed by atoms with Gasteiger partial charge in [0, 0.05) is 12.1 Å². The molecule has 0 aromatic heterocycles. The van der Waals surface area contributed by atoms with Crippen LogP contribution in [0.3, 0.4) is 0 Å². The Bertz CT molecular complexity index is 1060. The Morgan fingerprint density at radius 2 is 1.97 bits per heavy atom. The van der Waals surface area contributed by atoms with Crippen molar-refractivity contribution in [2.45, 2.75) is 6.61 Å². The van der Waals surface area contributed by atoms with Crippen LogP contribution in [0, 0.1) is 22.5 Å².